The van der Waals surface area contributed by atoms with Gasteiger partial charge in [-0.05, 0) is 121 Å². The van der Waals surface area contributed by atoms with E-state index in [4.69, 9.17) is 9.72 Å². The van der Waals surface area contributed by atoms with Crippen molar-refractivity contribution < 1.29 is 19.0 Å². The van der Waals surface area contributed by atoms with Crippen LogP contribution < -0.4 is 9.64 Å². The highest BCUT2D eigenvalue weighted by Crippen LogP contribution is 2.43. The van der Waals surface area contributed by atoms with Crippen LogP contribution >= 0.6 is 0 Å². The van der Waals surface area contributed by atoms with Crippen LogP contribution in [0.3, 0.4) is 0 Å². The Bertz CT molecular complexity index is 1960. The maximum absolute atomic E-state index is 15.6. The Balaban J connectivity index is 1.58. The van der Waals surface area contributed by atoms with Crippen LogP contribution in [0.15, 0.2) is 54.6 Å². The molecule has 0 atom stereocenters. The zero-order valence-electron chi connectivity index (χ0n) is 27.6. The maximum atomic E-state index is 15.6. The molecular formula is C39H42FN3O3. The van der Waals surface area contributed by atoms with E-state index in [1.54, 1.807) is 0 Å². The number of carboxylic acid groups (broad SMARTS) is 1. The Morgan fingerprint density at radius 3 is 2.67 bits per heavy atom. The van der Waals surface area contributed by atoms with Gasteiger partial charge in [-0.1, -0.05) is 31.2 Å². The highest BCUT2D eigenvalue weighted by Gasteiger charge is 2.27. The topological polar surface area (TPSA) is 67.6 Å². The first-order chi connectivity index (χ1) is 22.1. The summed E-state index contributed by atoms with van der Waals surface area (Å²) in [6, 6.07) is 10.3. The van der Waals surface area contributed by atoms with Crippen LogP contribution in [0, 0.1) is 19.7 Å². The summed E-state index contributed by atoms with van der Waals surface area (Å²) in [6.45, 7) is 9.50. The van der Waals surface area contributed by atoms with Gasteiger partial charge in [0.2, 0.25) is 0 Å². The molecule has 1 N–H and O–H groups in total. The summed E-state index contributed by atoms with van der Waals surface area (Å²) in [6.07, 6.45) is 11.9. The van der Waals surface area contributed by atoms with Crippen LogP contribution in [-0.4, -0.2) is 40.8 Å². The minimum atomic E-state index is -0.953. The van der Waals surface area contributed by atoms with Gasteiger partial charge in [0.15, 0.2) is 11.6 Å². The van der Waals surface area contributed by atoms with Crippen LogP contribution in [0.5, 0.6) is 5.75 Å². The van der Waals surface area contributed by atoms with Gasteiger partial charge >= 0.3 is 5.97 Å². The molecule has 0 saturated heterocycles. The number of ether oxygens (including phenoxy) is 1. The van der Waals surface area contributed by atoms with Gasteiger partial charge in [0, 0.05) is 43.0 Å². The van der Waals surface area contributed by atoms with E-state index in [-0.39, 0.29) is 6.42 Å². The Hall–Kier alpha value is -4.65. The number of benzene rings is 2. The van der Waals surface area contributed by atoms with E-state index >= 15 is 4.39 Å². The van der Waals surface area contributed by atoms with Crippen molar-refractivity contribution in [3.8, 4) is 16.9 Å². The zero-order valence-corrected chi connectivity index (χ0v) is 27.6. The molecule has 4 aromatic rings. The second-order valence-corrected chi connectivity index (χ2v) is 12.4. The lowest BCUT2D eigenvalue weighted by Gasteiger charge is -2.23. The van der Waals surface area contributed by atoms with Gasteiger partial charge in [-0.3, -0.25) is 4.79 Å². The van der Waals surface area contributed by atoms with Crippen molar-refractivity contribution in [2.45, 2.75) is 59.8 Å². The van der Waals surface area contributed by atoms with Gasteiger partial charge in [0.05, 0.1) is 18.7 Å². The fourth-order valence-electron chi connectivity index (χ4n) is 7.13. The molecule has 4 heterocycles. The first-order valence-corrected chi connectivity index (χ1v) is 16.2. The number of nitrogens with zero attached hydrogens (tertiary/aromatic N) is 3. The number of hydrogen-bond donors (Lipinski definition) is 1. The number of rotatable bonds is 8. The van der Waals surface area contributed by atoms with Crippen LogP contribution in [0.4, 0.5) is 10.1 Å². The van der Waals surface area contributed by atoms with Gasteiger partial charge in [-0.2, -0.15) is 0 Å². The number of fused-ring (bicyclic) bond motifs is 3. The zero-order chi connectivity index (χ0) is 32.7. The van der Waals surface area contributed by atoms with E-state index in [1.165, 1.54) is 22.9 Å². The fourth-order valence-corrected chi connectivity index (χ4v) is 7.13. The van der Waals surface area contributed by atoms with Gasteiger partial charge in [0.1, 0.15) is 5.65 Å². The number of pyridine rings is 1. The summed E-state index contributed by atoms with van der Waals surface area (Å²) in [5, 5.41) is 10.7. The number of likely N-dealkylation sites (N-methyl/N-ethyl adjacent to an activating group) is 1. The lowest BCUT2D eigenvalue weighted by atomic mass is 9.87. The first kappa shape index (κ1) is 31.3. The van der Waals surface area contributed by atoms with Crippen molar-refractivity contribution in [1.82, 2.24) is 9.55 Å². The highest BCUT2D eigenvalue weighted by atomic mass is 19.1. The van der Waals surface area contributed by atoms with Gasteiger partial charge < -0.3 is 19.3 Å². The number of carbonyl (C=O) groups is 1. The number of aromatic nitrogens is 2. The molecule has 0 fully saturated rings. The van der Waals surface area contributed by atoms with Crippen LogP contribution in [-0.2, 0) is 31.1 Å². The molecule has 0 radical (unpaired) electrons. The number of halogens is 1. The summed E-state index contributed by atoms with van der Waals surface area (Å²) < 4.78 is 23.4. The Morgan fingerprint density at radius 1 is 1.13 bits per heavy atom. The molecule has 0 unspecified atom stereocenters. The molecule has 0 spiro atoms. The maximum Gasteiger partial charge on any atom is 0.307 e. The first-order valence-electron chi connectivity index (χ1n) is 16.2. The molecule has 6 rings (SSSR count). The van der Waals surface area contributed by atoms with E-state index in [0.29, 0.717) is 35.6 Å². The summed E-state index contributed by atoms with van der Waals surface area (Å²) >= 11 is 0. The fraction of sp³-hybridized carbons (Fsp3) is 0.333. The second kappa shape index (κ2) is 12.6. The second-order valence-electron chi connectivity index (χ2n) is 12.4. The molecule has 0 saturated carbocycles. The number of hydrogen-bond acceptors (Lipinski definition) is 4. The van der Waals surface area contributed by atoms with Crippen LogP contribution in [0.25, 0.3) is 33.3 Å². The van der Waals surface area contributed by atoms with Crippen LogP contribution in [0.1, 0.15) is 65.9 Å². The predicted molar refractivity (Wildman–Crippen MR) is 185 cm³/mol. The van der Waals surface area contributed by atoms with Gasteiger partial charge in [0.25, 0.3) is 0 Å². The SMILES string of the molecule is C\C=C/C(=C\C(=C\CC)c1ccc2c(c1)CCN2C)c1cc2c(-c3cc(F)c4c(c3C)CCCO4)c(CC(=O)O)c(C)nc2n1C. The van der Waals surface area contributed by atoms with Gasteiger partial charge in [-0.15, -0.1) is 0 Å². The number of aliphatic carboxylic acids is 1. The van der Waals surface area contributed by atoms with Crippen LogP contribution in [0.2, 0.25) is 0 Å². The number of carboxylic acids is 1. The molecule has 0 aliphatic carbocycles. The van der Waals surface area contributed by atoms with Crippen molar-refractivity contribution in [2.24, 2.45) is 7.05 Å². The number of aryl methyl sites for hydroxylation is 2. The van der Waals surface area contributed by atoms with E-state index in [9.17, 15) is 9.90 Å². The molecule has 2 aliphatic rings. The molecule has 6 nitrogen and oxygen atoms in total. The Morgan fingerprint density at radius 2 is 1.93 bits per heavy atom. The quantitative estimate of drug-likeness (QED) is 0.201. The van der Waals surface area contributed by atoms with E-state index in [2.05, 4.69) is 65.9 Å². The largest absolute Gasteiger partial charge is 0.490 e. The third-order valence-electron chi connectivity index (χ3n) is 9.43. The monoisotopic (exact) mass is 619 g/mol. The average Bonchev–Trinajstić information content (AvgIpc) is 3.57. The molecule has 2 aromatic heterocycles. The van der Waals surface area contributed by atoms with Crippen molar-refractivity contribution in [3.63, 3.8) is 0 Å². The molecule has 7 heteroatoms. The Kier molecular flexibility index (Phi) is 8.60. The average molecular weight is 620 g/mol. The normalized spacial score (nSPS) is 15.1. The standard InChI is InChI=1S/C39H42FN3O3/c1-7-10-25(26-13-14-34-28(19-26)15-16-42(34)5)18-27(11-8-2)35-21-32-37(31(22-36(44)45)24(4)41-39(32)43(35)6)30-20-33(40)38-29(23(30)3)12-9-17-46-38/h8,10-11,13-14,18-21H,7,9,12,15-17,22H2,1-6H3,(H,44,45)/b11-8-,25-10-,27-18+. The van der Waals surface area contributed by atoms with E-state index < -0.39 is 11.8 Å². The summed E-state index contributed by atoms with van der Waals surface area (Å²) in [7, 11) is 4.13. The minimum absolute atomic E-state index is 0.211. The minimum Gasteiger partial charge on any atom is -0.490 e. The lowest BCUT2D eigenvalue weighted by molar-refractivity contribution is -0.136. The van der Waals surface area contributed by atoms with E-state index in [0.717, 1.165) is 70.4 Å². The van der Waals surface area contributed by atoms with Gasteiger partial charge in [-0.25, -0.2) is 9.37 Å². The van der Waals surface area contributed by atoms with Crippen molar-refractivity contribution in [3.05, 3.63) is 99.7 Å². The molecule has 238 valence electrons. The third-order valence-corrected chi connectivity index (χ3v) is 9.43. The molecule has 2 aromatic carbocycles. The molecule has 0 bridgehead atoms. The number of allylic oxidation sites excluding steroid dienone is 6. The number of anilines is 1. The smallest absolute Gasteiger partial charge is 0.307 e. The summed E-state index contributed by atoms with van der Waals surface area (Å²) in [4.78, 5) is 19.4. The highest BCUT2D eigenvalue weighted by molar-refractivity contribution is 6.01. The van der Waals surface area contributed by atoms with Crippen molar-refractivity contribution in [1.29, 1.82) is 0 Å². The lowest BCUT2D eigenvalue weighted by Crippen LogP contribution is -2.13. The van der Waals surface area contributed by atoms with Crippen molar-refractivity contribution in [2.75, 3.05) is 25.1 Å². The van der Waals surface area contributed by atoms with E-state index in [1.807, 2.05) is 33.9 Å². The third kappa shape index (κ3) is 5.52. The molecule has 0 amide bonds. The molecule has 2 aliphatic heterocycles. The Labute approximate surface area is 270 Å². The molecular weight excluding hydrogens is 577 g/mol. The predicted octanol–water partition coefficient (Wildman–Crippen LogP) is 8.39. The molecule has 46 heavy (non-hydrogen) atoms. The van der Waals surface area contributed by atoms with Crippen molar-refractivity contribution >= 4 is 33.8 Å². The summed E-state index contributed by atoms with van der Waals surface area (Å²) in [5.41, 5.74) is 12.0. The summed E-state index contributed by atoms with van der Waals surface area (Å²) in [5.74, 6) is -1.06.